The molecule has 0 bridgehead atoms. The molecule has 0 saturated carbocycles. The molecule has 0 aliphatic carbocycles. The standard InChI is InChI=1S/C17H22N4/c1-12(2)17-19-9-14-6-8-21(11-16(14)20-17)10-15-13(3)5-4-7-18-15/h4-5,7,9,12H,6,8,10-11H2,1-3H3. The lowest BCUT2D eigenvalue weighted by molar-refractivity contribution is 0.237. The zero-order valence-electron chi connectivity index (χ0n) is 13.0. The molecule has 2 aromatic heterocycles. The van der Waals surface area contributed by atoms with Gasteiger partial charge in [0.1, 0.15) is 5.82 Å². The third kappa shape index (κ3) is 3.10. The summed E-state index contributed by atoms with van der Waals surface area (Å²) < 4.78 is 0. The second-order valence-corrected chi connectivity index (χ2v) is 6.08. The quantitative estimate of drug-likeness (QED) is 0.868. The van der Waals surface area contributed by atoms with Crippen LogP contribution in [-0.2, 0) is 19.5 Å². The largest absolute Gasteiger partial charge is 0.291 e. The number of fused-ring (bicyclic) bond motifs is 1. The maximum absolute atomic E-state index is 4.75. The molecule has 0 saturated heterocycles. The lowest BCUT2D eigenvalue weighted by atomic mass is 10.1. The van der Waals surface area contributed by atoms with Gasteiger partial charge in [-0.05, 0) is 30.5 Å². The summed E-state index contributed by atoms with van der Waals surface area (Å²) in [6.45, 7) is 9.24. The normalized spacial score (nSPS) is 15.2. The molecule has 0 unspecified atom stereocenters. The van der Waals surface area contributed by atoms with Crippen LogP contribution in [0.5, 0.6) is 0 Å². The summed E-state index contributed by atoms with van der Waals surface area (Å²) in [5, 5.41) is 0. The molecule has 2 aromatic rings. The zero-order valence-corrected chi connectivity index (χ0v) is 13.0. The Hall–Kier alpha value is -1.81. The lowest BCUT2D eigenvalue weighted by Gasteiger charge is -2.28. The molecule has 0 radical (unpaired) electrons. The van der Waals surface area contributed by atoms with Crippen molar-refractivity contribution in [1.29, 1.82) is 0 Å². The van der Waals surface area contributed by atoms with Gasteiger partial charge in [0, 0.05) is 37.9 Å². The second-order valence-electron chi connectivity index (χ2n) is 6.08. The van der Waals surface area contributed by atoms with Gasteiger partial charge in [-0.1, -0.05) is 19.9 Å². The van der Waals surface area contributed by atoms with Gasteiger partial charge in [-0.2, -0.15) is 0 Å². The third-order valence-corrected chi connectivity index (χ3v) is 4.05. The van der Waals surface area contributed by atoms with Crippen molar-refractivity contribution in [1.82, 2.24) is 19.9 Å². The molecule has 110 valence electrons. The second kappa shape index (κ2) is 5.90. The fourth-order valence-corrected chi connectivity index (χ4v) is 2.68. The third-order valence-electron chi connectivity index (χ3n) is 4.05. The molecule has 0 aromatic carbocycles. The molecule has 4 heteroatoms. The van der Waals surface area contributed by atoms with Gasteiger partial charge in [0.2, 0.25) is 0 Å². The maximum atomic E-state index is 4.75. The molecular weight excluding hydrogens is 260 g/mol. The number of pyridine rings is 1. The first-order chi connectivity index (χ1) is 10.1. The van der Waals surface area contributed by atoms with Crippen LogP contribution in [0.25, 0.3) is 0 Å². The molecular formula is C17H22N4. The summed E-state index contributed by atoms with van der Waals surface area (Å²) in [6, 6.07) is 4.12. The first kappa shape index (κ1) is 14.1. The molecule has 0 fully saturated rings. The van der Waals surface area contributed by atoms with Gasteiger partial charge in [0.05, 0.1) is 11.4 Å². The van der Waals surface area contributed by atoms with Gasteiger partial charge in [0.25, 0.3) is 0 Å². The molecule has 21 heavy (non-hydrogen) atoms. The van der Waals surface area contributed by atoms with Crippen LogP contribution in [0, 0.1) is 6.92 Å². The Kier molecular flexibility index (Phi) is 3.97. The topological polar surface area (TPSA) is 41.9 Å². The molecule has 0 N–H and O–H groups in total. The molecule has 1 aliphatic rings. The van der Waals surface area contributed by atoms with E-state index >= 15 is 0 Å². The Morgan fingerprint density at radius 3 is 2.90 bits per heavy atom. The Morgan fingerprint density at radius 1 is 1.29 bits per heavy atom. The van der Waals surface area contributed by atoms with Gasteiger partial charge in [-0.3, -0.25) is 9.88 Å². The summed E-state index contributed by atoms with van der Waals surface area (Å²) in [5.74, 6) is 1.33. The van der Waals surface area contributed by atoms with E-state index in [1.807, 2.05) is 18.5 Å². The van der Waals surface area contributed by atoms with Crippen molar-refractivity contribution in [2.75, 3.05) is 6.54 Å². The molecule has 0 atom stereocenters. The lowest BCUT2D eigenvalue weighted by Crippen LogP contribution is -2.31. The van der Waals surface area contributed by atoms with Crippen LogP contribution in [0.2, 0.25) is 0 Å². The summed E-state index contributed by atoms with van der Waals surface area (Å²) in [7, 11) is 0. The highest BCUT2D eigenvalue weighted by molar-refractivity contribution is 5.22. The number of nitrogens with zero attached hydrogens (tertiary/aromatic N) is 4. The Morgan fingerprint density at radius 2 is 2.14 bits per heavy atom. The van der Waals surface area contributed by atoms with E-state index in [-0.39, 0.29) is 0 Å². The van der Waals surface area contributed by atoms with Crippen molar-refractivity contribution < 1.29 is 0 Å². The van der Waals surface area contributed by atoms with Crippen LogP contribution in [0.15, 0.2) is 24.5 Å². The highest BCUT2D eigenvalue weighted by Gasteiger charge is 2.20. The number of hydrogen-bond donors (Lipinski definition) is 0. The van der Waals surface area contributed by atoms with Crippen LogP contribution in [0.1, 0.15) is 48.1 Å². The smallest absolute Gasteiger partial charge is 0.131 e. The highest BCUT2D eigenvalue weighted by atomic mass is 15.1. The average molecular weight is 282 g/mol. The van der Waals surface area contributed by atoms with Crippen molar-refractivity contribution in [2.45, 2.75) is 46.2 Å². The first-order valence-corrected chi connectivity index (χ1v) is 7.61. The number of rotatable bonds is 3. The minimum Gasteiger partial charge on any atom is -0.291 e. The monoisotopic (exact) mass is 282 g/mol. The van der Waals surface area contributed by atoms with Gasteiger partial charge in [0.15, 0.2) is 0 Å². The van der Waals surface area contributed by atoms with Crippen LogP contribution in [0.3, 0.4) is 0 Å². The van der Waals surface area contributed by atoms with E-state index in [0.29, 0.717) is 5.92 Å². The fraction of sp³-hybridized carbons (Fsp3) is 0.471. The molecule has 3 heterocycles. The Labute approximate surface area is 126 Å². The van der Waals surface area contributed by atoms with E-state index < -0.39 is 0 Å². The highest BCUT2D eigenvalue weighted by Crippen LogP contribution is 2.20. The summed E-state index contributed by atoms with van der Waals surface area (Å²) >= 11 is 0. The minimum atomic E-state index is 0.378. The number of aromatic nitrogens is 3. The van der Waals surface area contributed by atoms with Crippen molar-refractivity contribution in [3.63, 3.8) is 0 Å². The van der Waals surface area contributed by atoms with Gasteiger partial charge >= 0.3 is 0 Å². The average Bonchev–Trinajstić information content (AvgIpc) is 2.49. The predicted octanol–water partition coefficient (Wildman–Crippen LogP) is 2.86. The summed E-state index contributed by atoms with van der Waals surface area (Å²) in [4.78, 5) is 16.2. The first-order valence-electron chi connectivity index (χ1n) is 7.61. The molecule has 0 spiro atoms. The molecule has 0 amide bonds. The van der Waals surface area contributed by atoms with Gasteiger partial charge < -0.3 is 0 Å². The number of hydrogen-bond acceptors (Lipinski definition) is 4. The van der Waals surface area contributed by atoms with Crippen molar-refractivity contribution in [3.8, 4) is 0 Å². The van der Waals surface area contributed by atoms with E-state index in [0.717, 1.165) is 31.9 Å². The maximum Gasteiger partial charge on any atom is 0.131 e. The fourth-order valence-electron chi connectivity index (χ4n) is 2.68. The SMILES string of the molecule is Cc1cccnc1CN1CCc2cnc(C(C)C)nc2C1. The Bertz CT molecular complexity index is 636. The molecule has 4 nitrogen and oxygen atoms in total. The number of aryl methyl sites for hydroxylation is 1. The van der Waals surface area contributed by atoms with Crippen molar-refractivity contribution >= 4 is 0 Å². The van der Waals surface area contributed by atoms with E-state index in [1.165, 1.54) is 22.5 Å². The van der Waals surface area contributed by atoms with Gasteiger partial charge in [-0.25, -0.2) is 9.97 Å². The van der Waals surface area contributed by atoms with Crippen LogP contribution < -0.4 is 0 Å². The summed E-state index contributed by atoms with van der Waals surface area (Å²) in [6.07, 6.45) is 4.92. The van der Waals surface area contributed by atoms with E-state index in [1.54, 1.807) is 0 Å². The van der Waals surface area contributed by atoms with Crippen LogP contribution >= 0.6 is 0 Å². The molecule has 3 rings (SSSR count). The van der Waals surface area contributed by atoms with E-state index in [4.69, 9.17) is 4.98 Å². The van der Waals surface area contributed by atoms with Gasteiger partial charge in [-0.15, -0.1) is 0 Å². The van der Waals surface area contributed by atoms with Crippen LogP contribution in [0.4, 0.5) is 0 Å². The van der Waals surface area contributed by atoms with Crippen molar-refractivity contribution in [3.05, 3.63) is 52.9 Å². The molecule has 1 aliphatic heterocycles. The zero-order chi connectivity index (χ0) is 14.8. The predicted molar refractivity (Wildman–Crippen MR) is 82.9 cm³/mol. The van der Waals surface area contributed by atoms with Crippen LogP contribution in [-0.4, -0.2) is 26.4 Å². The van der Waals surface area contributed by atoms with E-state index in [9.17, 15) is 0 Å². The Balaban J connectivity index is 1.77. The summed E-state index contributed by atoms with van der Waals surface area (Å²) in [5.41, 5.74) is 4.91. The van der Waals surface area contributed by atoms with Crippen molar-refractivity contribution in [2.24, 2.45) is 0 Å². The van der Waals surface area contributed by atoms with E-state index in [2.05, 4.69) is 41.7 Å². The minimum absolute atomic E-state index is 0.378.